The lowest BCUT2D eigenvalue weighted by Crippen LogP contribution is -1.94. The first-order valence-corrected chi connectivity index (χ1v) is 4.52. The van der Waals surface area contributed by atoms with Crippen LogP contribution in [0.5, 0.6) is 0 Å². The van der Waals surface area contributed by atoms with Gasteiger partial charge in [0.2, 0.25) is 5.95 Å². The van der Waals surface area contributed by atoms with Crippen LogP contribution in [0.15, 0.2) is 42.6 Å². The molecule has 2 aromatic rings. The summed E-state index contributed by atoms with van der Waals surface area (Å²) in [6.07, 6.45) is 7.81. The number of allylic oxidation sites excluding steroid dienone is 2. The summed E-state index contributed by atoms with van der Waals surface area (Å²) < 4.78 is 2.04. The molecule has 1 aromatic heterocycles. The summed E-state index contributed by atoms with van der Waals surface area (Å²) in [5.41, 5.74) is 2.13. The molecule has 3 rings (SSSR count). The largest absolute Gasteiger partial charge is 0.332 e. The lowest BCUT2D eigenvalue weighted by molar-refractivity contribution is 1.18. The van der Waals surface area contributed by atoms with Crippen molar-refractivity contribution in [2.75, 3.05) is 5.32 Å². The number of rotatable bonds is 0. The zero-order chi connectivity index (χ0) is 9.38. The highest BCUT2D eigenvalue weighted by Gasteiger charge is 2.06. The third kappa shape index (κ3) is 0.956. The summed E-state index contributed by atoms with van der Waals surface area (Å²) in [4.78, 5) is 4.46. The Morgan fingerprint density at radius 3 is 3.07 bits per heavy atom. The van der Waals surface area contributed by atoms with Crippen LogP contribution in [-0.4, -0.2) is 9.55 Å². The van der Waals surface area contributed by atoms with Gasteiger partial charge in [-0.15, -0.1) is 0 Å². The average molecular weight is 183 g/mol. The lowest BCUT2D eigenvalue weighted by atomic mass is 10.3. The molecule has 0 atom stereocenters. The van der Waals surface area contributed by atoms with Gasteiger partial charge in [-0.1, -0.05) is 12.1 Å². The number of anilines is 1. The zero-order valence-corrected chi connectivity index (χ0v) is 7.51. The van der Waals surface area contributed by atoms with Crippen LogP contribution in [0.1, 0.15) is 0 Å². The third-order valence-corrected chi connectivity index (χ3v) is 2.25. The molecule has 0 bridgehead atoms. The Kier molecular flexibility index (Phi) is 1.44. The number of nitrogens with one attached hydrogen (secondary N) is 1. The fourth-order valence-electron chi connectivity index (χ4n) is 1.61. The second kappa shape index (κ2) is 2.73. The number of fused-ring (bicyclic) bond motifs is 3. The van der Waals surface area contributed by atoms with Crippen molar-refractivity contribution >= 4 is 23.2 Å². The quantitative estimate of drug-likeness (QED) is 0.679. The molecule has 2 heterocycles. The van der Waals surface area contributed by atoms with Crippen LogP contribution >= 0.6 is 0 Å². The minimum Gasteiger partial charge on any atom is -0.332 e. The molecule has 0 saturated carbocycles. The van der Waals surface area contributed by atoms with Gasteiger partial charge < -0.3 is 5.32 Å². The molecular weight excluding hydrogens is 174 g/mol. The van der Waals surface area contributed by atoms with Gasteiger partial charge in [0.1, 0.15) is 0 Å². The van der Waals surface area contributed by atoms with Crippen LogP contribution in [-0.2, 0) is 0 Å². The van der Waals surface area contributed by atoms with Crippen molar-refractivity contribution in [2.24, 2.45) is 0 Å². The Balaban J connectivity index is 2.37. The maximum atomic E-state index is 4.46. The Morgan fingerprint density at radius 1 is 1.14 bits per heavy atom. The van der Waals surface area contributed by atoms with E-state index in [2.05, 4.69) is 16.4 Å². The first kappa shape index (κ1) is 7.38. The molecule has 0 fully saturated rings. The Bertz CT molecular complexity index is 534. The summed E-state index contributed by atoms with van der Waals surface area (Å²) in [5, 5.41) is 3.12. The predicted octanol–water partition coefficient (Wildman–Crippen LogP) is 2.45. The number of hydrogen-bond donors (Lipinski definition) is 1. The van der Waals surface area contributed by atoms with Crippen LogP contribution in [0, 0.1) is 0 Å². The van der Waals surface area contributed by atoms with Crippen molar-refractivity contribution < 1.29 is 0 Å². The molecule has 1 aliphatic heterocycles. The summed E-state index contributed by atoms with van der Waals surface area (Å²) in [5.74, 6) is 0.858. The van der Waals surface area contributed by atoms with E-state index in [4.69, 9.17) is 0 Å². The van der Waals surface area contributed by atoms with Crippen LogP contribution in [0.3, 0.4) is 0 Å². The maximum absolute atomic E-state index is 4.46. The van der Waals surface area contributed by atoms with Crippen LogP contribution in [0.4, 0.5) is 5.95 Å². The number of nitrogens with zero attached hydrogens (tertiary/aromatic N) is 2. The van der Waals surface area contributed by atoms with Gasteiger partial charge in [0.25, 0.3) is 0 Å². The van der Waals surface area contributed by atoms with Crippen molar-refractivity contribution in [1.82, 2.24) is 9.55 Å². The minimum absolute atomic E-state index is 0.858. The van der Waals surface area contributed by atoms with E-state index in [-0.39, 0.29) is 0 Å². The van der Waals surface area contributed by atoms with Gasteiger partial charge in [-0.2, -0.15) is 0 Å². The molecule has 1 aliphatic rings. The Hall–Kier alpha value is -2.03. The molecule has 1 N–H and O–H groups in total. The molecular formula is C11H9N3. The number of para-hydroxylation sites is 2. The van der Waals surface area contributed by atoms with Gasteiger partial charge in [0.15, 0.2) is 0 Å². The van der Waals surface area contributed by atoms with Crippen molar-refractivity contribution in [2.45, 2.75) is 0 Å². The molecule has 1 aromatic carbocycles. The summed E-state index contributed by atoms with van der Waals surface area (Å²) in [7, 11) is 0. The second-order valence-corrected chi connectivity index (χ2v) is 3.14. The van der Waals surface area contributed by atoms with E-state index in [1.807, 2.05) is 47.3 Å². The minimum atomic E-state index is 0.858. The summed E-state index contributed by atoms with van der Waals surface area (Å²) in [6.45, 7) is 0. The van der Waals surface area contributed by atoms with Crippen molar-refractivity contribution in [3.63, 3.8) is 0 Å². The topological polar surface area (TPSA) is 29.9 Å². The number of imidazole rings is 1. The molecule has 0 spiro atoms. The molecule has 14 heavy (non-hydrogen) atoms. The van der Waals surface area contributed by atoms with Crippen molar-refractivity contribution in [1.29, 1.82) is 0 Å². The van der Waals surface area contributed by atoms with Gasteiger partial charge in [0, 0.05) is 12.4 Å². The highest BCUT2D eigenvalue weighted by molar-refractivity contribution is 5.81. The number of benzene rings is 1. The van der Waals surface area contributed by atoms with Crippen LogP contribution < -0.4 is 5.32 Å². The fraction of sp³-hybridized carbons (Fsp3) is 0. The van der Waals surface area contributed by atoms with Gasteiger partial charge in [-0.05, 0) is 24.3 Å². The first-order valence-electron chi connectivity index (χ1n) is 4.52. The molecule has 0 radical (unpaired) electrons. The molecule has 0 aliphatic carbocycles. The molecule has 3 heteroatoms. The molecule has 3 nitrogen and oxygen atoms in total. The molecule has 0 unspecified atom stereocenters. The second-order valence-electron chi connectivity index (χ2n) is 3.14. The smallest absolute Gasteiger partial charge is 0.212 e. The van der Waals surface area contributed by atoms with Gasteiger partial charge in [-0.3, -0.25) is 4.57 Å². The standard InChI is InChI=1S/C11H9N3/c1-2-6-10-9(5-1)13-11-12-7-3-4-8-14(10)11/h1-8H,(H,12,13). The summed E-state index contributed by atoms with van der Waals surface area (Å²) >= 11 is 0. The Morgan fingerprint density at radius 2 is 2.07 bits per heavy atom. The lowest BCUT2D eigenvalue weighted by Gasteiger charge is -1.99. The molecule has 0 saturated heterocycles. The highest BCUT2D eigenvalue weighted by atomic mass is 15.2. The number of hydrogen-bond acceptors (Lipinski definition) is 2. The van der Waals surface area contributed by atoms with E-state index in [0.29, 0.717) is 0 Å². The normalized spacial score (nSPS) is 13.7. The van der Waals surface area contributed by atoms with Crippen LogP contribution in [0.25, 0.3) is 17.2 Å². The van der Waals surface area contributed by atoms with Crippen molar-refractivity contribution in [3.8, 4) is 0 Å². The average Bonchev–Trinajstić information content (AvgIpc) is 2.42. The first-order chi connectivity index (χ1) is 6.95. The SMILES string of the molecule is C1=CNc2nc3ccccc3n2C=C1. The van der Waals surface area contributed by atoms with E-state index in [1.165, 1.54) is 0 Å². The van der Waals surface area contributed by atoms with E-state index in [1.54, 1.807) is 0 Å². The highest BCUT2D eigenvalue weighted by Crippen LogP contribution is 2.20. The van der Waals surface area contributed by atoms with E-state index in [9.17, 15) is 0 Å². The van der Waals surface area contributed by atoms with E-state index in [0.717, 1.165) is 17.0 Å². The molecule has 0 amide bonds. The van der Waals surface area contributed by atoms with Crippen LogP contribution in [0.2, 0.25) is 0 Å². The molecule has 68 valence electrons. The van der Waals surface area contributed by atoms with E-state index < -0.39 is 0 Å². The van der Waals surface area contributed by atoms with Gasteiger partial charge >= 0.3 is 0 Å². The predicted molar refractivity (Wildman–Crippen MR) is 57.8 cm³/mol. The third-order valence-electron chi connectivity index (χ3n) is 2.25. The Labute approximate surface area is 81.4 Å². The monoisotopic (exact) mass is 183 g/mol. The van der Waals surface area contributed by atoms with Crippen molar-refractivity contribution in [3.05, 3.63) is 42.6 Å². The van der Waals surface area contributed by atoms with Gasteiger partial charge in [0.05, 0.1) is 11.0 Å². The number of aromatic nitrogens is 2. The fourth-order valence-corrected chi connectivity index (χ4v) is 1.61. The maximum Gasteiger partial charge on any atom is 0.212 e. The van der Waals surface area contributed by atoms with E-state index >= 15 is 0 Å². The zero-order valence-electron chi connectivity index (χ0n) is 7.51. The summed E-state index contributed by atoms with van der Waals surface area (Å²) in [6, 6.07) is 8.08. The van der Waals surface area contributed by atoms with Gasteiger partial charge in [-0.25, -0.2) is 4.98 Å².